The lowest BCUT2D eigenvalue weighted by molar-refractivity contribution is -0.132. The molecule has 1 saturated heterocycles. The van der Waals surface area contributed by atoms with E-state index in [1.165, 1.54) is 0 Å². The molecule has 7 heteroatoms. The summed E-state index contributed by atoms with van der Waals surface area (Å²) in [5, 5.41) is 12.5. The van der Waals surface area contributed by atoms with Gasteiger partial charge >= 0.3 is 0 Å². The Labute approximate surface area is 158 Å². The first kappa shape index (κ1) is 18.0. The van der Waals surface area contributed by atoms with Crippen LogP contribution in [0.2, 0.25) is 0 Å². The van der Waals surface area contributed by atoms with Crippen molar-refractivity contribution in [3.05, 3.63) is 30.1 Å². The number of aliphatic hydroxyl groups excluding tert-OH is 1. The maximum atomic E-state index is 12.5. The van der Waals surface area contributed by atoms with Crippen molar-refractivity contribution in [3.63, 3.8) is 0 Å². The van der Waals surface area contributed by atoms with Crippen molar-refractivity contribution in [3.8, 4) is 0 Å². The van der Waals surface area contributed by atoms with Crippen LogP contribution >= 0.6 is 0 Å². The van der Waals surface area contributed by atoms with Crippen LogP contribution in [0.25, 0.3) is 11.0 Å². The summed E-state index contributed by atoms with van der Waals surface area (Å²) in [5.74, 6) is 0.246. The zero-order chi connectivity index (χ0) is 19.0. The highest BCUT2D eigenvalue weighted by Gasteiger charge is 2.45. The number of hydrogen-bond donors (Lipinski definition) is 3. The molecule has 2 unspecified atom stereocenters. The van der Waals surface area contributed by atoms with E-state index in [9.17, 15) is 14.7 Å². The monoisotopic (exact) mass is 370 g/mol. The number of pyridine rings is 1. The van der Waals surface area contributed by atoms with E-state index in [2.05, 4.69) is 22.2 Å². The van der Waals surface area contributed by atoms with E-state index in [4.69, 9.17) is 0 Å². The first-order chi connectivity index (χ1) is 13.0. The van der Waals surface area contributed by atoms with Crippen molar-refractivity contribution in [1.82, 2.24) is 20.2 Å². The van der Waals surface area contributed by atoms with Gasteiger partial charge in [-0.05, 0) is 30.9 Å². The third-order valence-electron chi connectivity index (χ3n) is 5.99. The molecule has 2 aromatic rings. The van der Waals surface area contributed by atoms with E-state index in [0.29, 0.717) is 19.5 Å². The fraction of sp³-hybridized carbons (Fsp3) is 0.550. The number of hydrogen-bond acceptors (Lipinski definition) is 4. The van der Waals surface area contributed by atoms with Crippen LogP contribution in [0.4, 0.5) is 0 Å². The van der Waals surface area contributed by atoms with Crippen LogP contribution in [-0.4, -0.2) is 57.5 Å². The Hall–Kier alpha value is -2.41. The quantitative estimate of drug-likeness (QED) is 0.712. The number of nitrogens with one attached hydrogen (secondary N) is 2. The molecule has 3 N–H and O–H groups in total. The highest BCUT2D eigenvalue weighted by Crippen LogP contribution is 2.48. The molecule has 144 valence electrons. The predicted molar refractivity (Wildman–Crippen MR) is 101 cm³/mol. The van der Waals surface area contributed by atoms with Gasteiger partial charge in [-0.25, -0.2) is 0 Å². The van der Waals surface area contributed by atoms with Crippen LogP contribution in [0.3, 0.4) is 0 Å². The van der Waals surface area contributed by atoms with Crippen LogP contribution in [0, 0.1) is 11.3 Å². The second kappa shape index (κ2) is 6.96. The summed E-state index contributed by atoms with van der Waals surface area (Å²) in [7, 11) is 0. The van der Waals surface area contributed by atoms with E-state index in [1.54, 1.807) is 6.20 Å². The maximum absolute atomic E-state index is 12.5. The van der Waals surface area contributed by atoms with Gasteiger partial charge in [0.05, 0.1) is 23.5 Å². The fourth-order valence-corrected chi connectivity index (χ4v) is 3.93. The molecule has 2 fully saturated rings. The largest absolute Gasteiger partial charge is 0.396 e. The molecule has 1 aliphatic heterocycles. The average molecular weight is 370 g/mol. The zero-order valence-electron chi connectivity index (χ0n) is 15.6. The molecule has 3 heterocycles. The van der Waals surface area contributed by atoms with Gasteiger partial charge in [-0.15, -0.1) is 0 Å². The number of rotatable bonds is 6. The number of fused-ring (bicyclic) bond motifs is 1. The van der Waals surface area contributed by atoms with E-state index in [1.807, 2.05) is 23.2 Å². The molecule has 1 saturated carbocycles. The standard InChI is InChI=1S/C20H26N4O3/c1-13-10-24(18(27)8-20(12-25)4-5-20)11-16(13)23-17(26)7-14-9-22-15-3-2-6-21-19(14)15/h2-3,6,9,13,16,22,25H,4-5,7-8,10-12H2,1H3,(H,23,26). The number of aromatic amines is 1. The van der Waals surface area contributed by atoms with Gasteiger partial charge in [-0.3, -0.25) is 14.6 Å². The third-order valence-corrected chi connectivity index (χ3v) is 5.99. The molecule has 0 bridgehead atoms. The Balaban J connectivity index is 1.33. The predicted octanol–water partition coefficient (Wildman–Crippen LogP) is 1.23. The third kappa shape index (κ3) is 3.69. The van der Waals surface area contributed by atoms with E-state index < -0.39 is 0 Å². The van der Waals surface area contributed by atoms with Gasteiger partial charge in [-0.1, -0.05) is 6.92 Å². The summed E-state index contributed by atoms with van der Waals surface area (Å²) in [4.78, 5) is 34.4. The van der Waals surface area contributed by atoms with Crippen LogP contribution in [0.15, 0.2) is 24.5 Å². The number of amides is 2. The molecule has 2 aliphatic rings. The Morgan fingerprint density at radius 2 is 2.22 bits per heavy atom. The topological polar surface area (TPSA) is 98.3 Å². The van der Waals surface area contributed by atoms with Gasteiger partial charge in [0, 0.05) is 49.5 Å². The summed E-state index contributed by atoms with van der Waals surface area (Å²) in [6.07, 6.45) is 6.09. The lowest BCUT2D eigenvalue weighted by Gasteiger charge is -2.20. The molecular weight excluding hydrogens is 344 g/mol. The summed E-state index contributed by atoms with van der Waals surface area (Å²) in [5.41, 5.74) is 2.44. The van der Waals surface area contributed by atoms with Crippen molar-refractivity contribution < 1.29 is 14.7 Å². The number of aromatic nitrogens is 2. The number of carbonyl (C=O) groups is 2. The van der Waals surface area contributed by atoms with Crippen LogP contribution in [0.1, 0.15) is 31.7 Å². The van der Waals surface area contributed by atoms with E-state index in [0.717, 1.165) is 29.4 Å². The first-order valence-electron chi connectivity index (χ1n) is 9.59. The Bertz CT molecular complexity index is 858. The van der Waals surface area contributed by atoms with Gasteiger partial charge in [-0.2, -0.15) is 0 Å². The van der Waals surface area contributed by atoms with Crippen molar-refractivity contribution >= 4 is 22.8 Å². The number of nitrogens with zero attached hydrogens (tertiary/aromatic N) is 2. The molecule has 2 aromatic heterocycles. The van der Waals surface area contributed by atoms with E-state index in [-0.39, 0.29) is 42.2 Å². The highest BCUT2D eigenvalue weighted by molar-refractivity contribution is 5.86. The molecule has 2 atom stereocenters. The molecule has 0 spiro atoms. The van der Waals surface area contributed by atoms with Gasteiger partial charge in [0.15, 0.2) is 0 Å². The number of aliphatic hydroxyl groups is 1. The number of H-pyrrole nitrogens is 1. The normalized spacial score (nSPS) is 23.6. The van der Waals surface area contributed by atoms with Crippen molar-refractivity contribution in [2.45, 2.75) is 38.6 Å². The second-order valence-corrected chi connectivity index (χ2v) is 8.18. The number of carbonyl (C=O) groups excluding carboxylic acids is 2. The summed E-state index contributed by atoms with van der Waals surface area (Å²) in [6, 6.07) is 3.76. The van der Waals surface area contributed by atoms with Gasteiger partial charge in [0.1, 0.15) is 0 Å². The summed E-state index contributed by atoms with van der Waals surface area (Å²) < 4.78 is 0. The molecule has 4 rings (SSSR count). The molecule has 0 radical (unpaired) electrons. The zero-order valence-corrected chi connectivity index (χ0v) is 15.6. The first-order valence-corrected chi connectivity index (χ1v) is 9.59. The van der Waals surface area contributed by atoms with Gasteiger partial charge in [0.25, 0.3) is 0 Å². The van der Waals surface area contributed by atoms with Crippen LogP contribution in [-0.2, 0) is 16.0 Å². The molecule has 7 nitrogen and oxygen atoms in total. The van der Waals surface area contributed by atoms with E-state index >= 15 is 0 Å². The average Bonchev–Trinajstić information content (AvgIpc) is 3.18. The van der Waals surface area contributed by atoms with Crippen molar-refractivity contribution in [2.24, 2.45) is 11.3 Å². The second-order valence-electron chi connectivity index (χ2n) is 8.18. The van der Waals surface area contributed by atoms with Crippen LogP contribution < -0.4 is 5.32 Å². The minimum atomic E-state index is -0.177. The molecule has 27 heavy (non-hydrogen) atoms. The minimum absolute atomic E-state index is 0.0381. The summed E-state index contributed by atoms with van der Waals surface area (Å²) in [6.45, 7) is 3.34. The maximum Gasteiger partial charge on any atom is 0.224 e. The smallest absolute Gasteiger partial charge is 0.224 e. The van der Waals surface area contributed by atoms with Crippen molar-refractivity contribution in [1.29, 1.82) is 0 Å². The lowest BCUT2D eigenvalue weighted by Crippen LogP contribution is -2.41. The summed E-state index contributed by atoms with van der Waals surface area (Å²) >= 11 is 0. The molecule has 1 aliphatic carbocycles. The molecule has 0 aromatic carbocycles. The van der Waals surface area contributed by atoms with Gasteiger partial charge in [0.2, 0.25) is 11.8 Å². The van der Waals surface area contributed by atoms with Crippen molar-refractivity contribution in [2.75, 3.05) is 19.7 Å². The fourth-order valence-electron chi connectivity index (χ4n) is 3.93. The lowest BCUT2D eigenvalue weighted by atomic mass is 10.0. The SMILES string of the molecule is CC1CN(C(=O)CC2(CO)CC2)CC1NC(=O)Cc1c[nH]c2cccnc12. The molecule has 2 amide bonds. The Kier molecular flexibility index (Phi) is 4.63. The Morgan fingerprint density at radius 3 is 2.96 bits per heavy atom. The van der Waals surface area contributed by atoms with Crippen LogP contribution in [0.5, 0.6) is 0 Å². The molecular formula is C20H26N4O3. The highest BCUT2D eigenvalue weighted by atomic mass is 16.3. The van der Waals surface area contributed by atoms with Gasteiger partial charge < -0.3 is 20.3 Å². The minimum Gasteiger partial charge on any atom is -0.396 e. The number of likely N-dealkylation sites (tertiary alicyclic amines) is 1. The Morgan fingerprint density at radius 1 is 1.41 bits per heavy atom.